The number of hydrogen-bond donors (Lipinski definition) is 2. The number of aromatic nitrogens is 2. The lowest BCUT2D eigenvalue weighted by atomic mass is 9.81. The van der Waals surface area contributed by atoms with Crippen LogP contribution in [-0.4, -0.2) is 52.2 Å². The summed E-state index contributed by atoms with van der Waals surface area (Å²) in [4.78, 5) is 35.2. The van der Waals surface area contributed by atoms with Crippen LogP contribution in [0.1, 0.15) is 35.3 Å². The van der Waals surface area contributed by atoms with Crippen molar-refractivity contribution in [3.05, 3.63) is 72.1 Å². The van der Waals surface area contributed by atoms with E-state index in [1.165, 1.54) is 29.4 Å². The van der Waals surface area contributed by atoms with Crippen molar-refractivity contribution in [2.24, 2.45) is 0 Å². The number of carbonyl (C=O) groups is 2. The van der Waals surface area contributed by atoms with Gasteiger partial charge in [-0.1, -0.05) is 11.8 Å². The molecule has 1 unspecified atom stereocenters. The summed E-state index contributed by atoms with van der Waals surface area (Å²) in [5.74, 6) is 5.21. The van der Waals surface area contributed by atoms with Crippen LogP contribution < -0.4 is 19.7 Å². The molecule has 2 amide bonds. The first kappa shape index (κ1) is 24.2. The molecule has 2 N–H and O–H groups in total. The summed E-state index contributed by atoms with van der Waals surface area (Å²) in [5, 5.41) is 12.9. The van der Waals surface area contributed by atoms with Gasteiger partial charge in [0, 0.05) is 30.9 Å². The van der Waals surface area contributed by atoms with E-state index in [-0.39, 0.29) is 29.7 Å². The Kier molecular flexibility index (Phi) is 6.46. The third-order valence-electron chi connectivity index (χ3n) is 6.16. The lowest BCUT2D eigenvalue weighted by molar-refractivity contribution is -0.120. The van der Waals surface area contributed by atoms with E-state index in [4.69, 9.17) is 9.47 Å². The summed E-state index contributed by atoms with van der Waals surface area (Å²) in [7, 11) is 1.59. The Hall–Kier alpha value is -4.49. The summed E-state index contributed by atoms with van der Waals surface area (Å²) < 4.78 is 24.8. The summed E-state index contributed by atoms with van der Waals surface area (Å²) >= 11 is 0. The quantitative estimate of drug-likeness (QED) is 0.528. The fourth-order valence-electron chi connectivity index (χ4n) is 3.92. The van der Waals surface area contributed by atoms with Crippen molar-refractivity contribution in [3.8, 4) is 29.1 Å². The second kappa shape index (κ2) is 9.87. The van der Waals surface area contributed by atoms with Gasteiger partial charge in [0.15, 0.2) is 0 Å². The van der Waals surface area contributed by atoms with E-state index in [0.29, 0.717) is 29.8 Å². The lowest BCUT2D eigenvalue weighted by Crippen LogP contribution is -2.49. The molecule has 5 rings (SSSR count). The highest BCUT2D eigenvalue weighted by atomic mass is 19.1. The normalized spacial score (nSPS) is 17.8. The van der Waals surface area contributed by atoms with E-state index in [9.17, 15) is 19.1 Å². The Labute approximate surface area is 212 Å². The van der Waals surface area contributed by atoms with Gasteiger partial charge in [0.1, 0.15) is 47.0 Å². The molecule has 1 aromatic carbocycles. The predicted octanol–water partition coefficient (Wildman–Crippen LogP) is 2.83. The number of fused-ring (bicyclic) bond motifs is 1. The minimum atomic E-state index is -0.978. The molecule has 2 aromatic heterocycles. The zero-order chi connectivity index (χ0) is 26.0. The van der Waals surface area contributed by atoms with E-state index in [2.05, 4.69) is 27.1 Å². The minimum absolute atomic E-state index is 0.00515. The second-order valence-electron chi connectivity index (χ2n) is 8.87. The van der Waals surface area contributed by atoms with Gasteiger partial charge in [-0.2, -0.15) is 0 Å². The molecule has 0 radical (unpaired) electrons. The van der Waals surface area contributed by atoms with Crippen molar-refractivity contribution in [2.75, 3.05) is 18.6 Å². The molecule has 9 nitrogen and oxygen atoms in total. The number of nitrogens with one attached hydrogen (secondary N) is 1. The molecule has 188 valence electrons. The van der Waals surface area contributed by atoms with Crippen LogP contribution in [0.4, 0.5) is 10.1 Å². The van der Waals surface area contributed by atoms with Crippen LogP contribution in [0.2, 0.25) is 0 Å². The number of benzene rings is 1. The van der Waals surface area contributed by atoms with E-state index in [0.717, 1.165) is 18.7 Å². The van der Waals surface area contributed by atoms with Crippen LogP contribution in [0.5, 0.6) is 17.2 Å². The fraction of sp³-hybridized carbons (Fsp3) is 0.259. The predicted molar refractivity (Wildman–Crippen MR) is 131 cm³/mol. The Morgan fingerprint density at radius 3 is 2.84 bits per heavy atom. The maximum absolute atomic E-state index is 13.4. The van der Waals surface area contributed by atoms with Gasteiger partial charge >= 0.3 is 0 Å². The highest BCUT2D eigenvalue weighted by Crippen LogP contribution is 2.33. The zero-order valence-electron chi connectivity index (χ0n) is 19.9. The molecule has 3 aromatic rings. The second-order valence-corrected chi connectivity index (χ2v) is 8.87. The number of hydrogen-bond acceptors (Lipinski definition) is 7. The fourth-order valence-corrected chi connectivity index (χ4v) is 3.92. The lowest BCUT2D eigenvalue weighted by Gasteiger charge is -2.30. The molecule has 1 atom stereocenters. The van der Waals surface area contributed by atoms with Crippen molar-refractivity contribution in [1.82, 2.24) is 15.3 Å². The van der Waals surface area contributed by atoms with E-state index >= 15 is 0 Å². The van der Waals surface area contributed by atoms with Crippen molar-refractivity contribution < 1.29 is 28.6 Å². The highest BCUT2D eigenvalue weighted by Gasteiger charge is 2.33. The molecule has 1 aliphatic heterocycles. The van der Waals surface area contributed by atoms with Gasteiger partial charge in [0.25, 0.3) is 11.8 Å². The van der Waals surface area contributed by atoms with E-state index in [1.54, 1.807) is 25.2 Å². The largest absolute Gasteiger partial charge is 0.489 e. The van der Waals surface area contributed by atoms with Crippen molar-refractivity contribution >= 4 is 17.5 Å². The van der Waals surface area contributed by atoms with Gasteiger partial charge in [-0.15, -0.1) is 0 Å². The standard InChI is InChI=1S/C27H23FN4O5/c1-32-23-11-17(5-9-27(35)7-2-8-27)3-4-24(23)36-16-22(26(32)34)31-25(33)21-13-19(6-10-30-21)37-20-12-18(28)14-29-15-20/h3-4,6,10-15,22,35H,2,7-8,16H2,1H3,(H,31,33). The van der Waals surface area contributed by atoms with Crippen LogP contribution in [0.3, 0.4) is 0 Å². The zero-order valence-corrected chi connectivity index (χ0v) is 19.9. The maximum atomic E-state index is 13.4. The summed E-state index contributed by atoms with van der Waals surface area (Å²) in [6.07, 6.45) is 6.01. The molecule has 1 aliphatic carbocycles. The highest BCUT2D eigenvalue weighted by molar-refractivity contribution is 6.03. The summed E-state index contributed by atoms with van der Waals surface area (Å²) in [6, 6.07) is 8.26. The van der Waals surface area contributed by atoms with Gasteiger partial charge < -0.3 is 24.8 Å². The number of rotatable bonds is 4. The van der Waals surface area contributed by atoms with Crippen molar-refractivity contribution in [3.63, 3.8) is 0 Å². The van der Waals surface area contributed by atoms with Gasteiger partial charge in [-0.25, -0.2) is 4.39 Å². The number of halogens is 1. The molecular weight excluding hydrogens is 479 g/mol. The Morgan fingerprint density at radius 2 is 2.08 bits per heavy atom. The molecule has 0 saturated heterocycles. The SMILES string of the molecule is CN1C(=O)C(NC(=O)c2cc(Oc3cncc(F)c3)ccn2)COc2ccc(C#CC3(O)CCC3)cc21. The summed E-state index contributed by atoms with van der Waals surface area (Å²) in [6.45, 7) is -0.0855. The Bertz CT molecular complexity index is 1430. The Balaban J connectivity index is 1.29. The number of aliphatic hydroxyl groups is 1. The van der Waals surface area contributed by atoms with E-state index < -0.39 is 23.4 Å². The maximum Gasteiger partial charge on any atom is 0.270 e. The molecule has 0 bridgehead atoms. The third-order valence-corrected chi connectivity index (χ3v) is 6.16. The van der Waals surface area contributed by atoms with E-state index in [1.807, 2.05) is 0 Å². The topological polar surface area (TPSA) is 114 Å². The average molecular weight is 503 g/mol. The van der Waals surface area contributed by atoms with Gasteiger partial charge in [-0.3, -0.25) is 19.6 Å². The minimum Gasteiger partial charge on any atom is -0.489 e. The molecule has 2 aliphatic rings. The molecular formula is C27H23FN4O5. The van der Waals surface area contributed by atoms with Crippen LogP contribution >= 0.6 is 0 Å². The number of likely N-dealkylation sites (N-methyl/N-ethyl adjacent to an activating group) is 1. The monoisotopic (exact) mass is 502 g/mol. The number of nitrogens with zero attached hydrogens (tertiary/aromatic N) is 3. The Morgan fingerprint density at radius 1 is 1.24 bits per heavy atom. The third kappa shape index (κ3) is 5.37. The smallest absolute Gasteiger partial charge is 0.270 e. The van der Waals surface area contributed by atoms with Crippen LogP contribution in [0, 0.1) is 17.7 Å². The van der Waals surface area contributed by atoms with Gasteiger partial charge in [-0.05, 0) is 43.5 Å². The van der Waals surface area contributed by atoms with Crippen LogP contribution in [-0.2, 0) is 4.79 Å². The van der Waals surface area contributed by atoms with Crippen molar-refractivity contribution in [2.45, 2.75) is 30.9 Å². The molecule has 3 heterocycles. The molecule has 0 spiro atoms. The number of anilines is 1. The average Bonchev–Trinajstić information content (AvgIpc) is 2.98. The number of carbonyl (C=O) groups excluding carboxylic acids is 2. The van der Waals surface area contributed by atoms with Crippen LogP contribution in [0.25, 0.3) is 0 Å². The first-order chi connectivity index (χ1) is 17.8. The van der Waals surface area contributed by atoms with Gasteiger partial charge in [0.05, 0.1) is 18.1 Å². The van der Waals surface area contributed by atoms with Gasteiger partial charge in [0.2, 0.25) is 0 Å². The molecule has 1 saturated carbocycles. The molecule has 1 fully saturated rings. The molecule has 37 heavy (non-hydrogen) atoms. The first-order valence-electron chi connectivity index (χ1n) is 11.6. The number of amides is 2. The van der Waals surface area contributed by atoms with Crippen LogP contribution in [0.15, 0.2) is 55.0 Å². The number of pyridine rings is 2. The molecule has 10 heteroatoms. The van der Waals surface area contributed by atoms with Crippen molar-refractivity contribution in [1.29, 1.82) is 0 Å². The first-order valence-corrected chi connectivity index (χ1v) is 11.6. The summed E-state index contributed by atoms with van der Waals surface area (Å²) in [5.41, 5.74) is 0.210. The number of ether oxygens (including phenoxy) is 2.